The number of para-hydroxylation sites is 1. The molecule has 0 fully saturated rings. The number of furan rings is 1. The van der Waals surface area contributed by atoms with Crippen LogP contribution in [0.4, 0.5) is 5.69 Å². The Balaban J connectivity index is 1.97. The van der Waals surface area contributed by atoms with E-state index in [0.717, 1.165) is 10.7 Å². The first-order valence-electron chi connectivity index (χ1n) is 7.10. The maximum absolute atomic E-state index is 12.0. The summed E-state index contributed by atoms with van der Waals surface area (Å²) < 4.78 is 5.37. The second-order valence-electron chi connectivity index (χ2n) is 4.83. The number of anilines is 1. The van der Waals surface area contributed by atoms with E-state index >= 15 is 0 Å². The van der Waals surface area contributed by atoms with Gasteiger partial charge in [-0.25, -0.2) is 0 Å². The highest BCUT2D eigenvalue weighted by molar-refractivity contribution is 7.99. The largest absolute Gasteiger partial charge is 0.462 e. The number of thioether (sulfide) groups is 1. The summed E-state index contributed by atoms with van der Waals surface area (Å²) in [6.07, 6.45) is 3.33. The number of hydrogen-bond acceptors (Lipinski definition) is 4. The van der Waals surface area contributed by atoms with Gasteiger partial charge >= 0.3 is 0 Å². The summed E-state index contributed by atoms with van der Waals surface area (Å²) in [5.41, 5.74) is 5.83. The summed E-state index contributed by atoms with van der Waals surface area (Å²) in [6.45, 7) is 1.84. The quantitative estimate of drug-likeness (QED) is 0.603. The predicted octanol–water partition coefficient (Wildman–Crippen LogP) is 3.21. The number of carbonyl (C=O) groups excluding carboxylic acids is 2. The van der Waals surface area contributed by atoms with Crippen molar-refractivity contribution in [3.63, 3.8) is 0 Å². The fourth-order valence-corrected chi connectivity index (χ4v) is 2.81. The number of nitrogens with two attached hydrogens (primary N) is 1. The molecule has 1 heterocycles. The predicted molar refractivity (Wildman–Crippen MR) is 92.1 cm³/mol. The highest BCUT2D eigenvalue weighted by atomic mass is 32.2. The van der Waals surface area contributed by atoms with Crippen molar-refractivity contribution in [3.8, 4) is 0 Å². The lowest BCUT2D eigenvalue weighted by Gasteiger charge is -2.08. The van der Waals surface area contributed by atoms with E-state index in [4.69, 9.17) is 10.2 Å². The van der Waals surface area contributed by atoms with Crippen molar-refractivity contribution in [3.05, 3.63) is 54.0 Å². The number of benzene rings is 1. The van der Waals surface area contributed by atoms with Gasteiger partial charge in [-0.1, -0.05) is 12.1 Å². The number of primary amides is 1. The fraction of sp³-hybridized carbons (Fsp3) is 0.176. The number of nitrogens with one attached hydrogen (secondary N) is 1. The third kappa shape index (κ3) is 5.67. The number of hydrogen-bond donors (Lipinski definition) is 2. The highest BCUT2D eigenvalue weighted by Gasteiger charge is 2.06. The van der Waals surface area contributed by atoms with Gasteiger partial charge in [0.1, 0.15) is 11.5 Å². The third-order valence-electron chi connectivity index (χ3n) is 2.91. The maximum Gasteiger partial charge on any atom is 0.248 e. The molecule has 2 amide bonds. The maximum atomic E-state index is 12.0. The zero-order chi connectivity index (χ0) is 16.7. The first kappa shape index (κ1) is 16.9. The number of amides is 2. The van der Waals surface area contributed by atoms with Gasteiger partial charge in [-0.15, -0.1) is 11.8 Å². The van der Waals surface area contributed by atoms with E-state index in [0.29, 0.717) is 23.6 Å². The van der Waals surface area contributed by atoms with Gasteiger partial charge < -0.3 is 15.5 Å². The van der Waals surface area contributed by atoms with Crippen LogP contribution in [0, 0.1) is 6.92 Å². The van der Waals surface area contributed by atoms with E-state index in [1.54, 1.807) is 12.1 Å². The third-order valence-corrected chi connectivity index (χ3v) is 3.99. The summed E-state index contributed by atoms with van der Waals surface area (Å²) in [6, 6.07) is 11.1. The van der Waals surface area contributed by atoms with Gasteiger partial charge in [0.05, 0.1) is 5.69 Å². The molecular weight excluding hydrogens is 312 g/mol. The molecule has 0 radical (unpaired) electrons. The molecule has 0 saturated heterocycles. The van der Waals surface area contributed by atoms with Crippen LogP contribution in [0.5, 0.6) is 0 Å². The Labute approximate surface area is 138 Å². The number of carbonyl (C=O) groups is 2. The molecule has 2 rings (SSSR count). The molecule has 0 saturated carbocycles. The van der Waals surface area contributed by atoms with E-state index in [1.165, 1.54) is 17.8 Å². The first-order chi connectivity index (χ1) is 11.0. The molecule has 2 aromatic rings. The Morgan fingerprint density at radius 2 is 2.04 bits per heavy atom. The van der Waals surface area contributed by atoms with Crippen LogP contribution in [0.3, 0.4) is 0 Å². The van der Waals surface area contributed by atoms with Crippen LogP contribution in [0.15, 0.2) is 51.8 Å². The Morgan fingerprint density at radius 3 is 2.74 bits per heavy atom. The SMILES string of the molecule is Cc1ccc(C=CC(=O)Nc2ccccc2SCCC(N)=O)o1. The van der Waals surface area contributed by atoms with E-state index in [1.807, 2.05) is 37.3 Å². The topological polar surface area (TPSA) is 85.3 Å². The number of rotatable bonds is 7. The molecule has 0 aliphatic carbocycles. The van der Waals surface area contributed by atoms with Crippen LogP contribution < -0.4 is 11.1 Å². The molecule has 0 unspecified atom stereocenters. The Bertz CT molecular complexity index is 722. The van der Waals surface area contributed by atoms with Crippen LogP contribution in [0.1, 0.15) is 17.9 Å². The standard InChI is InChI=1S/C17H18N2O3S/c1-12-6-7-13(22-12)8-9-17(21)19-14-4-2-3-5-15(14)23-11-10-16(18)20/h2-9H,10-11H2,1H3,(H2,18,20)(H,19,21). The minimum atomic E-state index is -0.337. The Hall–Kier alpha value is -2.47. The molecule has 5 nitrogen and oxygen atoms in total. The van der Waals surface area contributed by atoms with E-state index in [9.17, 15) is 9.59 Å². The van der Waals surface area contributed by atoms with Crippen molar-refractivity contribution in [2.45, 2.75) is 18.2 Å². The second kappa shape index (κ2) is 8.24. The van der Waals surface area contributed by atoms with Crippen molar-refractivity contribution in [2.24, 2.45) is 5.73 Å². The molecule has 0 aliphatic heterocycles. The minimum Gasteiger partial charge on any atom is -0.462 e. The summed E-state index contributed by atoms with van der Waals surface area (Å²) in [7, 11) is 0. The van der Waals surface area contributed by atoms with Crippen LogP contribution in [0.25, 0.3) is 6.08 Å². The van der Waals surface area contributed by atoms with Crippen molar-refractivity contribution in [1.82, 2.24) is 0 Å². The van der Waals surface area contributed by atoms with Gasteiger partial charge in [0.2, 0.25) is 11.8 Å². The van der Waals surface area contributed by atoms with E-state index in [2.05, 4.69) is 5.32 Å². The molecule has 3 N–H and O–H groups in total. The van der Waals surface area contributed by atoms with Crippen LogP contribution in [-0.2, 0) is 9.59 Å². The molecule has 1 aromatic heterocycles. The zero-order valence-corrected chi connectivity index (χ0v) is 13.6. The average Bonchev–Trinajstić information content (AvgIpc) is 2.92. The molecule has 23 heavy (non-hydrogen) atoms. The first-order valence-corrected chi connectivity index (χ1v) is 8.09. The lowest BCUT2D eigenvalue weighted by Crippen LogP contribution is -2.11. The van der Waals surface area contributed by atoms with Gasteiger partial charge in [0, 0.05) is 23.1 Å². The summed E-state index contributed by atoms with van der Waals surface area (Å²) >= 11 is 1.48. The highest BCUT2D eigenvalue weighted by Crippen LogP contribution is 2.27. The normalized spacial score (nSPS) is 10.8. The van der Waals surface area contributed by atoms with Crippen molar-refractivity contribution in [1.29, 1.82) is 0 Å². The summed E-state index contributed by atoms with van der Waals surface area (Å²) in [5.74, 6) is 1.41. The monoisotopic (exact) mass is 330 g/mol. The molecule has 0 aliphatic rings. The smallest absolute Gasteiger partial charge is 0.248 e. The molecule has 6 heteroatoms. The van der Waals surface area contributed by atoms with E-state index < -0.39 is 0 Å². The molecule has 0 spiro atoms. The van der Waals surface area contributed by atoms with Gasteiger partial charge in [-0.3, -0.25) is 9.59 Å². The molecular formula is C17H18N2O3S. The summed E-state index contributed by atoms with van der Waals surface area (Å²) in [4.78, 5) is 23.7. The van der Waals surface area contributed by atoms with Gasteiger partial charge in [0.25, 0.3) is 0 Å². The zero-order valence-electron chi connectivity index (χ0n) is 12.7. The van der Waals surface area contributed by atoms with Crippen LogP contribution in [0.2, 0.25) is 0 Å². The minimum absolute atomic E-state index is 0.248. The lowest BCUT2D eigenvalue weighted by atomic mass is 10.3. The van der Waals surface area contributed by atoms with Crippen molar-refractivity contribution < 1.29 is 14.0 Å². The Morgan fingerprint density at radius 1 is 1.26 bits per heavy atom. The molecule has 0 atom stereocenters. The van der Waals surface area contributed by atoms with Crippen molar-refractivity contribution >= 4 is 35.3 Å². The average molecular weight is 330 g/mol. The molecule has 1 aromatic carbocycles. The number of aryl methyl sites for hydroxylation is 1. The van der Waals surface area contributed by atoms with Gasteiger partial charge in [-0.2, -0.15) is 0 Å². The second-order valence-corrected chi connectivity index (χ2v) is 5.97. The fourth-order valence-electron chi connectivity index (χ4n) is 1.83. The lowest BCUT2D eigenvalue weighted by molar-refractivity contribution is -0.117. The Kier molecular flexibility index (Phi) is 6.05. The molecule has 120 valence electrons. The van der Waals surface area contributed by atoms with Crippen LogP contribution in [-0.4, -0.2) is 17.6 Å². The van der Waals surface area contributed by atoms with E-state index in [-0.39, 0.29) is 11.8 Å². The van der Waals surface area contributed by atoms with Crippen molar-refractivity contribution in [2.75, 3.05) is 11.1 Å². The van der Waals surface area contributed by atoms with Crippen LogP contribution >= 0.6 is 11.8 Å². The van der Waals surface area contributed by atoms with Gasteiger partial charge in [-0.05, 0) is 37.3 Å². The molecule has 0 bridgehead atoms. The summed E-state index contributed by atoms with van der Waals surface area (Å²) in [5, 5.41) is 2.82. The van der Waals surface area contributed by atoms with Gasteiger partial charge in [0.15, 0.2) is 0 Å².